The highest BCUT2D eigenvalue weighted by atomic mass is 35.5. The highest BCUT2D eigenvalue weighted by molar-refractivity contribution is 6.30. The van der Waals surface area contributed by atoms with E-state index in [4.69, 9.17) is 16.3 Å². The minimum Gasteiger partial charge on any atom is -0.496 e. The standard InChI is InChI=1S/C14H11ClF2O2/c1-19-13-5-3-9(16)7-10(13)14(18)8-2-4-12(17)11(15)6-8/h2-7,14,18H,1H3. The van der Waals surface area contributed by atoms with Crippen molar-refractivity contribution in [3.8, 4) is 5.75 Å². The fourth-order valence-electron chi connectivity index (χ4n) is 1.78. The SMILES string of the molecule is COc1ccc(F)cc1C(O)c1ccc(F)c(Cl)c1. The lowest BCUT2D eigenvalue weighted by Crippen LogP contribution is -2.03. The topological polar surface area (TPSA) is 29.5 Å². The number of aliphatic hydroxyl groups is 1. The Balaban J connectivity index is 2.45. The van der Waals surface area contributed by atoms with Gasteiger partial charge in [-0.1, -0.05) is 17.7 Å². The summed E-state index contributed by atoms with van der Waals surface area (Å²) in [5.41, 5.74) is 0.612. The number of benzene rings is 2. The molecule has 19 heavy (non-hydrogen) atoms. The van der Waals surface area contributed by atoms with E-state index >= 15 is 0 Å². The maximum Gasteiger partial charge on any atom is 0.141 e. The second-order valence-electron chi connectivity index (χ2n) is 3.96. The summed E-state index contributed by atoms with van der Waals surface area (Å²) in [5.74, 6) is -0.735. The van der Waals surface area contributed by atoms with Crippen molar-refractivity contribution in [1.29, 1.82) is 0 Å². The Hall–Kier alpha value is -1.65. The van der Waals surface area contributed by atoms with Crippen molar-refractivity contribution < 1.29 is 18.6 Å². The van der Waals surface area contributed by atoms with E-state index in [-0.39, 0.29) is 10.6 Å². The lowest BCUT2D eigenvalue weighted by molar-refractivity contribution is 0.214. The Labute approximate surface area is 114 Å². The number of halogens is 3. The van der Waals surface area contributed by atoms with Crippen LogP contribution in [0.15, 0.2) is 36.4 Å². The van der Waals surface area contributed by atoms with Crippen molar-refractivity contribution in [1.82, 2.24) is 0 Å². The highest BCUT2D eigenvalue weighted by Gasteiger charge is 2.17. The van der Waals surface area contributed by atoms with Crippen molar-refractivity contribution in [3.63, 3.8) is 0 Å². The van der Waals surface area contributed by atoms with Gasteiger partial charge >= 0.3 is 0 Å². The zero-order valence-electron chi connectivity index (χ0n) is 10.0. The molecule has 1 atom stereocenters. The first kappa shape index (κ1) is 13.8. The van der Waals surface area contributed by atoms with Gasteiger partial charge in [0, 0.05) is 5.56 Å². The zero-order chi connectivity index (χ0) is 14.0. The summed E-state index contributed by atoms with van der Waals surface area (Å²) in [5, 5.41) is 10.1. The summed E-state index contributed by atoms with van der Waals surface area (Å²) >= 11 is 5.66. The third-order valence-corrected chi connectivity index (χ3v) is 3.04. The Morgan fingerprint density at radius 1 is 1.16 bits per heavy atom. The maximum absolute atomic E-state index is 13.3. The molecule has 2 aromatic rings. The predicted octanol–water partition coefficient (Wildman–Crippen LogP) is 3.71. The normalized spacial score (nSPS) is 12.3. The Morgan fingerprint density at radius 3 is 2.53 bits per heavy atom. The molecule has 100 valence electrons. The molecule has 0 saturated heterocycles. The third kappa shape index (κ3) is 2.85. The van der Waals surface area contributed by atoms with E-state index in [0.717, 1.165) is 6.07 Å². The largest absolute Gasteiger partial charge is 0.496 e. The molecule has 0 amide bonds. The average molecular weight is 285 g/mol. The summed E-state index contributed by atoms with van der Waals surface area (Å²) in [4.78, 5) is 0. The molecule has 2 aromatic carbocycles. The van der Waals surface area contributed by atoms with Crippen molar-refractivity contribution in [2.24, 2.45) is 0 Å². The number of aliphatic hydroxyl groups excluding tert-OH is 1. The van der Waals surface area contributed by atoms with Crippen molar-refractivity contribution >= 4 is 11.6 Å². The fraction of sp³-hybridized carbons (Fsp3) is 0.143. The summed E-state index contributed by atoms with van der Waals surface area (Å²) in [6.45, 7) is 0. The minimum atomic E-state index is -1.15. The van der Waals surface area contributed by atoms with Crippen molar-refractivity contribution in [2.75, 3.05) is 7.11 Å². The second-order valence-corrected chi connectivity index (χ2v) is 4.37. The van der Waals surface area contributed by atoms with Crippen LogP contribution in [0.3, 0.4) is 0 Å². The second kappa shape index (κ2) is 5.55. The Morgan fingerprint density at radius 2 is 1.89 bits per heavy atom. The van der Waals surface area contributed by atoms with E-state index < -0.39 is 17.7 Å². The van der Waals surface area contributed by atoms with Crippen LogP contribution in [0.4, 0.5) is 8.78 Å². The molecule has 2 rings (SSSR count). The first-order valence-electron chi connectivity index (χ1n) is 5.49. The summed E-state index contributed by atoms with van der Waals surface area (Å²) in [7, 11) is 1.42. The minimum absolute atomic E-state index is 0.105. The lowest BCUT2D eigenvalue weighted by atomic mass is 10.0. The van der Waals surface area contributed by atoms with Crippen molar-refractivity contribution in [3.05, 3.63) is 64.2 Å². The van der Waals surface area contributed by atoms with E-state index in [0.29, 0.717) is 11.3 Å². The first-order chi connectivity index (χ1) is 9.02. The van der Waals surface area contributed by atoms with Gasteiger partial charge in [0.2, 0.25) is 0 Å². The predicted molar refractivity (Wildman–Crippen MR) is 68.4 cm³/mol. The molecule has 0 bridgehead atoms. The van der Waals surface area contributed by atoms with Gasteiger partial charge in [0.1, 0.15) is 23.5 Å². The van der Waals surface area contributed by atoms with E-state index in [2.05, 4.69) is 0 Å². The molecule has 0 aliphatic heterocycles. The Bertz CT molecular complexity index is 602. The van der Waals surface area contributed by atoms with Gasteiger partial charge in [-0.3, -0.25) is 0 Å². The quantitative estimate of drug-likeness (QED) is 0.931. The van der Waals surface area contributed by atoms with Gasteiger partial charge in [-0.2, -0.15) is 0 Å². The molecule has 0 aromatic heterocycles. The molecular formula is C14H11ClF2O2. The van der Waals surface area contributed by atoms with E-state index in [1.54, 1.807) is 0 Å². The van der Waals surface area contributed by atoms with Gasteiger partial charge in [0.15, 0.2) is 0 Å². The average Bonchev–Trinajstić information content (AvgIpc) is 2.41. The van der Waals surface area contributed by atoms with Gasteiger partial charge in [-0.05, 0) is 35.9 Å². The number of hydrogen-bond donors (Lipinski definition) is 1. The monoisotopic (exact) mass is 284 g/mol. The molecular weight excluding hydrogens is 274 g/mol. The van der Waals surface area contributed by atoms with E-state index in [9.17, 15) is 13.9 Å². The van der Waals surface area contributed by atoms with Crippen LogP contribution in [0.5, 0.6) is 5.75 Å². The van der Waals surface area contributed by atoms with Gasteiger partial charge in [0.25, 0.3) is 0 Å². The zero-order valence-corrected chi connectivity index (χ0v) is 10.8. The first-order valence-corrected chi connectivity index (χ1v) is 5.87. The summed E-state index contributed by atoms with van der Waals surface area (Å²) in [6, 6.07) is 7.64. The smallest absolute Gasteiger partial charge is 0.141 e. The maximum atomic E-state index is 13.3. The summed E-state index contributed by atoms with van der Waals surface area (Å²) < 4.78 is 31.4. The molecule has 5 heteroatoms. The molecule has 0 spiro atoms. The van der Waals surface area contributed by atoms with Crippen LogP contribution < -0.4 is 4.74 Å². The highest BCUT2D eigenvalue weighted by Crippen LogP contribution is 2.32. The fourth-order valence-corrected chi connectivity index (χ4v) is 1.97. The third-order valence-electron chi connectivity index (χ3n) is 2.75. The molecule has 1 unspecified atom stereocenters. The lowest BCUT2D eigenvalue weighted by Gasteiger charge is -2.15. The number of methoxy groups -OCH3 is 1. The van der Waals surface area contributed by atoms with Crippen molar-refractivity contribution in [2.45, 2.75) is 6.10 Å². The van der Waals surface area contributed by atoms with Crippen LogP contribution in [-0.4, -0.2) is 12.2 Å². The van der Waals surface area contributed by atoms with Gasteiger partial charge < -0.3 is 9.84 Å². The number of hydrogen-bond acceptors (Lipinski definition) is 2. The van der Waals surface area contributed by atoms with E-state index in [1.807, 2.05) is 0 Å². The molecule has 1 N–H and O–H groups in total. The summed E-state index contributed by atoms with van der Waals surface area (Å²) in [6.07, 6.45) is -1.15. The molecule has 2 nitrogen and oxygen atoms in total. The molecule has 0 saturated carbocycles. The number of ether oxygens (including phenoxy) is 1. The molecule has 0 aliphatic rings. The molecule has 0 heterocycles. The Kier molecular flexibility index (Phi) is 4.02. The van der Waals surface area contributed by atoms with Gasteiger partial charge in [-0.15, -0.1) is 0 Å². The molecule has 0 fully saturated rings. The van der Waals surface area contributed by atoms with Crippen LogP contribution in [0, 0.1) is 11.6 Å². The molecule has 0 aliphatic carbocycles. The van der Waals surface area contributed by atoms with Crippen LogP contribution >= 0.6 is 11.6 Å². The van der Waals surface area contributed by atoms with E-state index in [1.165, 1.54) is 37.4 Å². The van der Waals surface area contributed by atoms with Crippen LogP contribution in [0.25, 0.3) is 0 Å². The van der Waals surface area contributed by atoms with Crippen LogP contribution in [0.1, 0.15) is 17.2 Å². The van der Waals surface area contributed by atoms with Crippen LogP contribution in [-0.2, 0) is 0 Å². The van der Waals surface area contributed by atoms with Gasteiger partial charge in [0.05, 0.1) is 12.1 Å². The number of rotatable bonds is 3. The van der Waals surface area contributed by atoms with Gasteiger partial charge in [-0.25, -0.2) is 8.78 Å². The van der Waals surface area contributed by atoms with Crippen LogP contribution in [0.2, 0.25) is 5.02 Å². The molecule has 0 radical (unpaired) electrons.